The maximum atomic E-state index is 13.0. The van der Waals surface area contributed by atoms with Crippen LogP contribution in [0, 0.1) is 0 Å². The zero-order valence-corrected chi connectivity index (χ0v) is 20.2. The summed E-state index contributed by atoms with van der Waals surface area (Å²) in [5, 5.41) is 3.27. The van der Waals surface area contributed by atoms with Crippen LogP contribution in [-0.4, -0.2) is 17.8 Å². The van der Waals surface area contributed by atoms with Crippen LogP contribution in [0.4, 0.5) is 10.5 Å². The summed E-state index contributed by atoms with van der Waals surface area (Å²) < 4.78 is 5.74. The number of amides is 4. The molecule has 10 heteroatoms. The number of benzene rings is 3. The lowest BCUT2D eigenvalue weighted by molar-refractivity contribution is -0.122. The van der Waals surface area contributed by atoms with Crippen molar-refractivity contribution in [3.63, 3.8) is 0 Å². The molecule has 3 aromatic carbocycles. The fourth-order valence-electron chi connectivity index (χ4n) is 3.21. The number of nitrogens with zero attached hydrogens (tertiary/aromatic N) is 1. The van der Waals surface area contributed by atoms with Crippen LogP contribution in [0.1, 0.15) is 11.1 Å². The summed E-state index contributed by atoms with van der Waals surface area (Å²) in [6.07, 6.45) is 1.29. The number of nitrogens with one attached hydrogen (secondary N) is 1. The van der Waals surface area contributed by atoms with E-state index in [0.29, 0.717) is 10.6 Å². The van der Waals surface area contributed by atoms with Crippen LogP contribution < -0.4 is 15.0 Å². The van der Waals surface area contributed by atoms with Gasteiger partial charge in [-0.2, -0.15) is 0 Å². The van der Waals surface area contributed by atoms with E-state index in [2.05, 4.69) is 5.32 Å². The third kappa shape index (κ3) is 5.05. The molecule has 1 aliphatic rings. The molecule has 4 amide bonds. The number of halogens is 4. The highest BCUT2D eigenvalue weighted by molar-refractivity contribution is 6.42. The molecule has 4 rings (SSSR count). The van der Waals surface area contributed by atoms with Crippen LogP contribution in [0.2, 0.25) is 20.1 Å². The lowest BCUT2D eigenvalue weighted by Gasteiger charge is -2.27. The fraction of sp³-hybridized carbons (Fsp3) is 0.0417. The van der Waals surface area contributed by atoms with Gasteiger partial charge in [-0.1, -0.05) is 70.7 Å². The molecule has 1 N–H and O–H groups in total. The first-order valence-corrected chi connectivity index (χ1v) is 11.3. The molecule has 0 unspecified atom stereocenters. The molecule has 0 spiro atoms. The SMILES string of the molecule is O=C1NC(=O)N(c2ccccc2Cl)C(=O)/C1=C/c1cc(Cl)c(OCc2ccc(Cl)cc2)c(Cl)c1. The minimum Gasteiger partial charge on any atom is -0.486 e. The fourth-order valence-corrected chi connectivity index (χ4v) is 4.17. The summed E-state index contributed by atoms with van der Waals surface area (Å²) in [5.41, 5.74) is 1.07. The van der Waals surface area contributed by atoms with Crippen molar-refractivity contribution in [2.45, 2.75) is 6.61 Å². The minimum absolute atomic E-state index is 0.145. The molecule has 0 aliphatic carbocycles. The number of urea groups is 1. The highest BCUT2D eigenvalue weighted by Crippen LogP contribution is 2.36. The van der Waals surface area contributed by atoms with Crippen LogP contribution in [0.5, 0.6) is 5.75 Å². The third-order valence-electron chi connectivity index (χ3n) is 4.82. The highest BCUT2D eigenvalue weighted by atomic mass is 35.5. The zero-order valence-electron chi connectivity index (χ0n) is 17.2. The smallest absolute Gasteiger partial charge is 0.335 e. The number of hydrogen-bond acceptors (Lipinski definition) is 4. The summed E-state index contributed by atoms with van der Waals surface area (Å²) in [7, 11) is 0. The Labute approximate surface area is 214 Å². The minimum atomic E-state index is -0.901. The van der Waals surface area contributed by atoms with Crippen molar-refractivity contribution >= 4 is 76.0 Å². The van der Waals surface area contributed by atoms with E-state index in [-0.39, 0.29) is 38.7 Å². The number of carbonyl (C=O) groups is 3. The molecule has 1 fully saturated rings. The van der Waals surface area contributed by atoms with Crippen LogP contribution in [0.3, 0.4) is 0 Å². The average Bonchev–Trinajstić information content (AvgIpc) is 2.78. The molecular weight excluding hydrogens is 522 g/mol. The molecule has 6 nitrogen and oxygen atoms in total. The quantitative estimate of drug-likeness (QED) is 0.297. The van der Waals surface area contributed by atoms with Gasteiger partial charge in [0, 0.05) is 5.02 Å². The van der Waals surface area contributed by atoms with E-state index < -0.39 is 17.8 Å². The van der Waals surface area contributed by atoms with Crippen molar-refractivity contribution < 1.29 is 19.1 Å². The molecule has 0 bridgehead atoms. The topological polar surface area (TPSA) is 75.7 Å². The van der Waals surface area contributed by atoms with Gasteiger partial charge in [0.15, 0.2) is 5.75 Å². The first-order valence-electron chi connectivity index (χ1n) is 9.77. The molecule has 34 heavy (non-hydrogen) atoms. The van der Waals surface area contributed by atoms with Crippen molar-refractivity contribution in [1.29, 1.82) is 0 Å². The molecule has 172 valence electrons. The van der Waals surface area contributed by atoms with E-state index in [9.17, 15) is 14.4 Å². The summed E-state index contributed by atoms with van der Waals surface area (Å²) in [4.78, 5) is 38.6. The van der Waals surface area contributed by atoms with E-state index in [1.165, 1.54) is 30.3 Å². The molecule has 0 saturated carbocycles. The number of anilines is 1. The Morgan fingerprint density at radius 2 is 1.50 bits per heavy atom. The van der Waals surface area contributed by atoms with Crippen molar-refractivity contribution in [2.24, 2.45) is 0 Å². The van der Waals surface area contributed by atoms with Gasteiger partial charge in [-0.05, 0) is 53.6 Å². The molecule has 3 aromatic rings. The Morgan fingerprint density at radius 1 is 0.853 bits per heavy atom. The standard InChI is InChI=1S/C24H14Cl4N2O4/c25-15-7-5-13(6-8-15)12-34-21-18(27)10-14(11-19(21)28)9-16-22(31)29-24(33)30(23(16)32)20-4-2-1-3-17(20)26/h1-11H,12H2,(H,29,31,33)/b16-9+. The second-order valence-corrected chi connectivity index (χ2v) is 8.80. The van der Waals surface area contributed by atoms with Gasteiger partial charge >= 0.3 is 6.03 Å². The maximum Gasteiger partial charge on any atom is 0.335 e. The predicted molar refractivity (Wildman–Crippen MR) is 133 cm³/mol. The second kappa shape index (κ2) is 10.1. The lowest BCUT2D eigenvalue weighted by atomic mass is 10.1. The average molecular weight is 536 g/mol. The Balaban J connectivity index is 1.61. The van der Waals surface area contributed by atoms with E-state index in [0.717, 1.165) is 10.5 Å². The Bertz CT molecular complexity index is 1320. The van der Waals surface area contributed by atoms with E-state index in [4.69, 9.17) is 51.1 Å². The molecule has 0 atom stereocenters. The first-order chi connectivity index (χ1) is 16.2. The number of ether oxygens (including phenoxy) is 1. The van der Waals surface area contributed by atoms with Gasteiger partial charge in [-0.25, -0.2) is 9.69 Å². The lowest BCUT2D eigenvalue weighted by Crippen LogP contribution is -2.54. The van der Waals surface area contributed by atoms with Gasteiger partial charge in [-0.3, -0.25) is 14.9 Å². The number of carbonyl (C=O) groups excluding carboxylic acids is 3. The van der Waals surface area contributed by atoms with Crippen LogP contribution in [0.25, 0.3) is 6.08 Å². The summed E-state index contributed by atoms with van der Waals surface area (Å²) in [5.74, 6) is -1.45. The normalized spacial score (nSPS) is 15.0. The number of imide groups is 2. The van der Waals surface area contributed by atoms with Crippen LogP contribution >= 0.6 is 46.4 Å². The van der Waals surface area contributed by atoms with Gasteiger partial charge < -0.3 is 4.74 Å². The largest absolute Gasteiger partial charge is 0.486 e. The van der Waals surface area contributed by atoms with E-state index in [1.807, 2.05) is 12.1 Å². The molecular formula is C24H14Cl4N2O4. The number of para-hydroxylation sites is 1. The van der Waals surface area contributed by atoms with Crippen LogP contribution in [0.15, 0.2) is 66.2 Å². The molecule has 0 aromatic heterocycles. The monoisotopic (exact) mass is 534 g/mol. The third-order valence-corrected chi connectivity index (χ3v) is 5.96. The molecule has 1 aliphatic heterocycles. The van der Waals surface area contributed by atoms with Gasteiger partial charge in [0.05, 0.1) is 20.8 Å². The second-order valence-electron chi connectivity index (χ2n) is 7.14. The highest BCUT2D eigenvalue weighted by Gasteiger charge is 2.37. The van der Waals surface area contributed by atoms with Crippen molar-refractivity contribution in [2.75, 3.05) is 4.90 Å². The van der Waals surface area contributed by atoms with Crippen molar-refractivity contribution in [1.82, 2.24) is 5.32 Å². The summed E-state index contributed by atoms with van der Waals surface area (Å²) in [6, 6.07) is 15.5. The van der Waals surface area contributed by atoms with Crippen molar-refractivity contribution in [3.8, 4) is 5.75 Å². The Morgan fingerprint density at radius 3 is 2.15 bits per heavy atom. The van der Waals surface area contributed by atoms with E-state index >= 15 is 0 Å². The first kappa shape index (κ1) is 24.1. The summed E-state index contributed by atoms with van der Waals surface area (Å²) >= 11 is 24.7. The zero-order chi connectivity index (χ0) is 24.4. The number of hydrogen-bond donors (Lipinski definition) is 1. The Kier molecular flexibility index (Phi) is 7.14. The molecule has 0 radical (unpaired) electrons. The predicted octanol–water partition coefficient (Wildman–Crippen LogP) is 6.55. The molecule has 1 heterocycles. The number of barbiturate groups is 1. The van der Waals surface area contributed by atoms with Gasteiger partial charge in [0.25, 0.3) is 11.8 Å². The van der Waals surface area contributed by atoms with Gasteiger partial charge in [0.2, 0.25) is 0 Å². The van der Waals surface area contributed by atoms with Gasteiger partial charge in [-0.15, -0.1) is 0 Å². The maximum absolute atomic E-state index is 13.0. The number of rotatable bonds is 5. The molecule has 1 saturated heterocycles. The Hall–Kier alpha value is -3.03. The van der Waals surface area contributed by atoms with E-state index in [1.54, 1.807) is 24.3 Å². The summed E-state index contributed by atoms with van der Waals surface area (Å²) in [6.45, 7) is 0.201. The van der Waals surface area contributed by atoms with Crippen LogP contribution in [-0.2, 0) is 16.2 Å². The van der Waals surface area contributed by atoms with Gasteiger partial charge in [0.1, 0.15) is 12.2 Å². The van der Waals surface area contributed by atoms with Crippen molar-refractivity contribution in [3.05, 3.63) is 97.5 Å².